The fourth-order valence-electron chi connectivity index (χ4n) is 4.20. The van der Waals surface area contributed by atoms with Gasteiger partial charge in [-0.15, -0.1) is 0 Å². The van der Waals surface area contributed by atoms with Gasteiger partial charge in [0.25, 0.3) is 11.8 Å². The van der Waals surface area contributed by atoms with Gasteiger partial charge in [-0.2, -0.15) is 4.98 Å². The van der Waals surface area contributed by atoms with Gasteiger partial charge in [-0.1, -0.05) is 22.8 Å². The van der Waals surface area contributed by atoms with E-state index in [-0.39, 0.29) is 22.9 Å². The second-order valence-corrected chi connectivity index (χ2v) is 12.3. The number of amides is 3. The van der Waals surface area contributed by atoms with Crippen molar-refractivity contribution in [2.45, 2.75) is 18.1 Å². The number of pyridine rings is 1. The van der Waals surface area contributed by atoms with Crippen LogP contribution in [0.25, 0.3) is 22.8 Å². The number of sulfonamides is 1. The Labute approximate surface area is 256 Å². The van der Waals surface area contributed by atoms with Crippen LogP contribution in [0, 0.1) is 0 Å². The molecule has 4 N–H and O–H groups in total. The van der Waals surface area contributed by atoms with Crippen molar-refractivity contribution in [3.05, 3.63) is 102 Å². The Bertz CT molecular complexity index is 1950. The summed E-state index contributed by atoms with van der Waals surface area (Å²) in [4.78, 5) is 33.4. The Morgan fingerprint density at radius 3 is 2.30 bits per heavy atom. The van der Waals surface area contributed by atoms with Crippen LogP contribution in [0.4, 0.5) is 27.5 Å². The number of nitrogens with one attached hydrogen (secondary N) is 4. The molecule has 44 heavy (non-hydrogen) atoms. The maximum Gasteiger partial charge on any atom is 0.323 e. The first kappa shape index (κ1) is 28.8. The van der Waals surface area contributed by atoms with Gasteiger partial charge in [0.15, 0.2) is 0 Å². The number of carbonyl (C=O) groups excluding carboxylic acids is 2. The third-order valence-corrected chi connectivity index (χ3v) is 8.73. The molecule has 0 spiro atoms. The standard InChI is InChI=1S/C30H24ClN7O5S/c31-26-16-23(33-28(39)19-4-2-14-32-17-19)10-13-25(26)27-36-29(43-37-27)18-3-1-5-22(15-18)35-30(40)34-20-6-8-21(9-7-20)38-44(41,42)24-11-12-24/h1-10,13-17,24,38H,11-12H2,(H,33,39)(H2,34,35,40). The molecule has 222 valence electrons. The summed E-state index contributed by atoms with van der Waals surface area (Å²) in [5.74, 6) is 0.130. The molecule has 1 aliphatic rings. The second kappa shape index (κ2) is 12.1. The van der Waals surface area contributed by atoms with Gasteiger partial charge in [0.1, 0.15) is 0 Å². The maximum atomic E-state index is 12.6. The molecule has 0 radical (unpaired) electrons. The number of halogens is 1. The number of anilines is 4. The number of urea groups is 1. The third-order valence-electron chi connectivity index (χ3n) is 6.55. The highest BCUT2D eigenvalue weighted by Gasteiger charge is 2.35. The number of benzene rings is 3. The number of rotatable bonds is 9. The van der Waals surface area contributed by atoms with Crippen molar-refractivity contribution in [1.29, 1.82) is 0 Å². The zero-order chi connectivity index (χ0) is 30.7. The van der Waals surface area contributed by atoms with Crippen LogP contribution in [-0.2, 0) is 10.0 Å². The van der Waals surface area contributed by atoms with Gasteiger partial charge in [0.05, 0.1) is 15.8 Å². The molecule has 12 nitrogen and oxygen atoms in total. The van der Waals surface area contributed by atoms with E-state index in [1.807, 2.05) is 0 Å². The van der Waals surface area contributed by atoms with Crippen molar-refractivity contribution in [2.75, 3.05) is 20.7 Å². The van der Waals surface area contributed by atoms with E-state index in [2.05, 4.69) is 35.8 Å². The van der Waals surface area contributed by atoms with Crippen LogP contribution in [0.15, 0.2) is 95.8 Å². The van der Waals surface area contributed by atoms with Gasteiger partial charge < -0.3 is 20.5 Å². The molecule has 1 fully saturated rings. The number of aromatic nitrogens is 3. The number of nitrogens with zero attached hydrogens (tertiary/aromatic N) is 3. The summed E-state index contributed by atoms with van der Waals surface area (Å²) in [6, 6.07) is 21.0. The molecule has 0 aliphatic heterocycles. The average molecular weight is 630 g/mol. The molecule has 0 saturated heterocycles. The van der Waals surface area contributed by atoms with Crippen molar-refractivity contribution in [1.82, 2.24) is 15.1 Å². The Balaban J connectivity index is 1.08. The first-order valence-corrected chi connectivity index (χ1v) is 15.3. The van der Waals surface area contributed by atoms with Crippen LogP contribution in [-0.4, -0.2) is 40.7 Å². The molecule has 14 heteroatoms. The van der Waals surface area contributed by atoms with Crippen LogP contribution in [0.3, 0.4) is 0 Å². The van der Waals surface area contributed by atoms with E-state index in [1.165, 1.54) is 6.20 Å². The predicted molar refractivity (Wildman–Crippen MR) is 167 cm³/mol. The summed E-state index contributed by atoms with van der Waals surface area (Å²) >= 11 is 6.48. The van der Waals surface area contributed by atoms with Crippen LogP contribution >= 0.6 is 11.6 Å². The zero-order valence-corrected chi connectivity index (χ0v) is 24.4. The van der Waals surface area contributed by atoms with Gasteiger partial charge in [0.2, 0.25) is 15.8 Å². The average Bonchev–Trinajstić information content (AvgIpc) is 3.77. The summed E-state index contributed by atoms with van der Waals surface area (Å²) in [7, 11) is -3.36. The summed E-state index contributed by atoms with van der Waals surface area (Å²) in [5, 5.41) is 12.2. The summed E-state index contributed by atoms with van der Waals surface area (Å²) < 4.78 is 32.2. The highest BCUT2D eigenvalue weighted by Crippen LogP contribution is 2.32. The molecule has 0 unspecified atom stereocenters. The summed E-state index contributed by atoms with van der Waals surface area (Å²) in [6.45, 7) is 0. The minimum atomic E-state index is -3.36. The summed E-state index contributed by atoms with van der Waals surface area (Å²) in [6.07, 6.45) is 4.39. The number of carbonyl (C=O) groups is 2. The highest BCUT2D eigenvalue weighted by molar-refractivity contribution is 7.93. The lowest BCUT2D eigenvalue weighted by atomic mass is 10.1. The van der Waals surface area contributed by atoms with Gasteiger partial charge in [-0.3, -0.25) is 14.5 Å². The molecule has 2 aromatic heterocycles. The lowest BCUT2D eigenvalue weighted by Gasteiger charge is -2.10. The molecule has 5 aromatic rings. The minimum Gasteiger partial charge on any atom is -0.334 e. The van der Waals surface area contributed by atoms with Crippen molar-refractivity contribution in [2.24, 2.45) is 0 Å². The van der Waals surface area contributed by atoms with E-state index in [0.717, 1.165) is 0 Å². The fraction of sp³-hybridized carbons (Fsp3) is 0.100. The molecule has 1 aliphatic carbocycles. The predicted octanol–water partition coefficient (Wildman–Crippen LogP) is 6.25. The van der Waals surface area contributed by atoms with Crippen molar-refractivity contribution >= 4 is 56.3 Å². The largest absolute Gasteiger partial charge is 0.334 e. The van der Waals surface area contributed by atoms with Crippen molar-refractivity contribution < 1.29 is 22.5 Å². The van der Waals surface area contributed by atoms with E-state index in [0.29, 0.717) is 57.3 Å². The molecule has 0 atom stereocenters. The van der Waals surface area contributed by atoms with E-state index in [4.69, 9.17) is 16.1 Å². The van der Waals surface area contributed by atoms with E-state index in [9.17, 15) is 18.0 Å². The topological polar surface area (TPSA) is 168 Å². The summed E-state index contributed by atoms with van der Waals surface area (Å²) in [5.41, 5.74) is 3.34. The van der Waals surface area contributed by atoms with Crippen molar-refractivity contribution in [3.63, 3.8) is 0 Å². The Hall–Kier alpha value is -5.27. The fourth-order valence-corrected chi connectivity index (χ4v) is 5.85. The molecule has 3 amide bonds. The normalized spacial score (nSPS) is 12.8. The SMILES string of the molecule is O=C(Nc1ccc(NS(=O)(=O)C2CC2)cc1)Nc1cccc(-c2nc(-c3ccc(NC(=O)c4cccnc4)cc3Cl)no2)c1. The van der Waals surface area contributed by atoms with E-state index in [1.54, 1.807) is 85.1 Å². The molecular weight excluding hydrogens is 606 g/mol. The number of hydrogen-bond donors (Lipinski definition) is 4. The van der Waals surface area contributed by atoms with Crippen LogP contribution in [0.1, 0.15) is 23.2 Å². The molecule has 2 heterocycles. The van der Waals surface area contributed by atoms with E-state index < -0.39 is 16.1 Å². The zero-order valence-electron chi connectivity index (χ0n) is 22.8. The highest BCUT2D eigenvalue weighted by atomic mass is 35.5. The van der Waals surface area contributed by atoms with Crippen LogP contribution < -0.4 is 20.7 Å². The van der Waals surface area contributed by atoms with Gasteiger partial charge in [-0.05, 0) is 85.6 Å². The number of hydrogen-bond acceptors (Lipinski definition) is 8. The first-order valence-electron chi connectivity index (χ1n) is 13.4. The lowest BCUT2D eigenvalue weighted by molar-refractivity contribution is 0.102. The van der Waals surface area contributed by atoms with Gasteiger partial charge in [0, 0.05) is 46.3 Å². The molecule has 6 rings (SSSR count). The van der Waals surface area contributed by atoms with E-state index >= 15 is 0 Å². The van der Waals surface area contributed by atoms with Gasteiger partial charge >= 0.3 is 6.03 Å². The Kier molecular flexibility index (Phi) is 7.96. The Morgan fingerprint density at radius 2 is 1.57 bits per heavy atom. The quantitative estimate of drug-likeness (QED) is 0.148. The lowest BCUT2D eigenvalue weighted by Crippen LogP contribution is -2.19. The molecule has 1 saturated carbocycles. The molecular formula is C30H24ClN7O5S. The third kappa shape index (κ3) is 6.85. The maximum absolute atomic E-state index is 12.6. The first-order chi connectivity index (χ1) is 21.2. The monoisotopic (exact) mass is 629 g/mol. The molecule has 0 bridgehead atoms. The van der Waals surface area contributed by atoms with Crippen molar-refractivity contribution in [3.8, 4) is 22.8 Å². The minimum absolute atomic E-state index is 0.207. The van der Waals surface area contributed by atoms with Gasteiger partial charge in [-0.25, -0.2) is 13.2 Å². The smallest absolute Gasteiger partial charge is 0.323 e. The second-order valence-electron chi connectivity index (χ2n) is 9.90. The van der Waals surface area contributed by atoms with Crippen LogP contribution in [0.5, 0.6) is 0 Å². The molecule has 3 aromatic carbocycles. The Morgan fingerprint density at radius 1 is 0.841 bits per heavy atom. The van der Waals surface area contributed by atoms with Crippen LogP contribution in [0.2, 0.25) is 5.02 Å².